The van der Waals surface area contributed by atoms with Gasteiger partial charge in [-0.25, -0.2) is 9.18 Å². The van der Waals surface area contributed by atoms with Gasteiger partial charge in [0.2, 0.25) is 0 Å². The monoisotopic (exact) mass is 280 g/mol. The zero-order valence-electron chi connectivity index (χ0n) is 9.72. The number of esters is 1. The Hall–Kier alpha value is -1.80. The van der Waals surface area contributed by atoms with Crippen LogP contribution in [0.15, 0.2) is 18.2 Å². The molecule has 1 aromatic carbocycles. The highest BCUT2D eigenvalue weighted by Crippen LogP contribution is 2.29. The minimum atomic E-state index is -3.25. The first-order valence-corrected chi connectivity index (χ1v) is 5.05. The second-order valence-electron chi connectivity index (χ2n) is 3.47. The second-order valence-corrected chi connectivity index (χ2v) is 3.47. The van der Waals surface area contributed by atoms with Crippen LogP contribution in [-0.4, -0.2) is 36.0 Å². The normalized spacial score (nSPS) is 14.1. The molecule has 0 aliphatic rings. The van der Waals surface area contributed by atoms with Crippen LogP contribution in [0.2, 0.25) is 0 Å². The zero-order valence-corrected chi connectivity index (χ0v) is 9.72. The highest BCUT2D eigenvalue weighted by Gasteiger charge is 2.29. The molecular formula is C11H11F3O5. The number of rotatable bonds is 5. The van der Waals surface area contributed by atoms with Gasteiger partial charge >= 0.3 is 12.6 Å². The van der Waals surface area contributed by atoms with E-state index in [9.17, 15) is 28.2 Å². The topological polar surface area (TPSA) is 76.0 Å². The van der Waals surface area contributed by atoms with Crippen LogP contribution in [0, 0.1) is 5.82 Å². The molecule has 0 bridgehead atoms. The van der Waals surface area contributed by atoms with Crippen molar-refractivity contribution in [3.8, 4) is 5.75 Å². The highest BCUT2D eigenvalue weighted by molar-refractivity contribution is 5.75. The molecule has 0 fully saturated rings. The minimum absolute atomic E-state index is 0.361. The van der Waals surface area contributed by atoms with Crippen LogP contribution in [0.25, 0.3) is 0 Å². The number of methoxy groups -OCH3 is 1. The number of alkyl halides is 2. The summed E-state index contributed by atoms with van der Waals surface area (Å²) in [5.74, 6) is -2.72. The number of ether oxygens (including phenoxy) is 2. The van der Waals surface area contributed by atoms with Gasteiger partial charge in [-0.2, -0.15) is 8.78 Å². The molecule has 19 heavy (non-hydrogen) atoms. The van der Waals surface area contributed by atoms with Gasteiger partial charge < -0.3 is 19.7 Å². The number of aliphatic hydroxyl groups excluding tert-OH is 2. The second kappa shape index (κ2) is 6.39. The van der Waals surface area contributed by atoms with Gasteiger partial charge in [0.05, 0.1) is 7.11 Å². The molecule has 0 amide bonds. The fraction of sp³-hybridized carbons (Fsp3) is 0.364. The predicted octanol–water partition coefficient (Wildman–Crippen LogP) is 0.994. The number of hydrogen-bond donors (Lipinski definition) is 2. The van der Waals surface area contributed by atoms with Crippen molar-refractivity contribution in [2.24, 2.45) is 0 Å². The molecule has 2 atom stereocenters. The van der Waals surface area contributed by atoms with Crippen LogP contribution in [0.3, 0.4) is 0 Å². The molecule has 1 rings (SSSR count). The molecule has 2 N–H and O–H groups in total. The van der Waals surface area contributed by atoms with Crippen LogP contribution >= 0.6 is 0 Å². The van der Waals surface area contributed by atoms with E-state index in [1.54, 1.807) is 0 Å². The molecule has 0 aliphatic carbocycles. The van der Waals surface area contributed by atoms with Crippen molar-refractivity contribution >= 4 is 5.97 Å². The van der Waals surface area contributed by atoms with E-state index in [0.29, 0.717) is 6.07 Å². The Kier molecular flexibility index (Phi) is 5.13. The first kappa shape index (κ1) is 15.3. The summed E-state index contributed by atoms with van der Waals surface area (Å²) < 4.78 is 45.4. The number of carbonyl (C=O) groups excluding carboxylic acids is 1. The molecule has 5 nitrogen and oxygen atoms in total. The Balaban J connectivity index is 3.07. The number of hydrogen-bond acceptors (Lipinski definition) is 5. The molecule has 0 aromatic heterocycles. The molecule has 0 saturated heterocycles. The van der Waals surface area contributed by atoms with Gasteiger partial charge in [-0.3, -0.25) is 0 Å². The molecule has 2 unspecified atom stereocenters. The van der Waals surface area contributed by atoms with Crippen molar-refractivity contribution in [1.82, 2.24) is 0 Å². The summed E-state index contributed by atoms with van der Waals surface area (Å²) >= 11 is 0. The van der Waals surface area contributed by atoms with Crippen molar-refractivity contribution in [2.45, 2.75) is 18.8 Å². The summed E-state index contributed by atoms with van der Waals surface area (Å²) in [4.78, 5) is 11.0. The third-order valence-corrected chi connectivity index (χ3v) is 2.25. The lowest BCUT2D eigenvalue weighted by atomic mass is 10.0. The van der Waals surface area contributed by atoms with Gasteiger partial charge in [0.25, 0.3) is 0 Å². The van der Waals surface area contributed by atoms with Crippen molar-refractivity contribution in [2.75, 3.05) is 7.11 Å². The SMILES string of the molecule is COC(=O)C(O)C(O)c1ccc(F)cc1OC(F)F. The van der Waals surface area contributed by atoms with E-state index < -0.39 is 36.4 Å². The van der Waals surface area contributed by atoms with Crippen molar-refractivity contribution < 1.29 is 37.7 Å². The molecule has 0 aliphatic heterocycles. The van der Waals surface area contributed by atoms with E-state index in [1.165, 1.54) is 0 Å². The van der Waals surface area contributed by atoms with Crippen molar-refractivity contribution in [1.29, 1.82) is 0 Å². The van der Waals surface area contributed by atoms with Gasteiger partial charge in [-0.15, -0.1) is 0 Å². The van der Waals surface area contributed by atoms with Gasteiger partial charge in [0.1, 0.15) is 17.7 Å². The van der Waals surface area contributed by atoms with E-state index in [2.05, 4.69) is 9.47 Å². The average Bonchev–Trinajstić information content (AvgIpc) is 2.35. The maximum absolute atomic E-state index is 12.9. The number of benzene rings is 1. The summed E-state index contributed by atoms with van der Waals surface area (Å²) in [7, 11) is 0.972. The van der Waals surface area contributed by atoms with Crippen LogP contribution in [0.4, 0.5) is 13.2 Å². The molecule has 0 spiro atoms. The van der Waals surface area contributed by atoms with Crippen LogP contribution in [0.5, 0.6) is 5.75 Å². The first-order valence-electron chi connectivity index (χ1n) is 5.05. The van der Waals surface area contributed by atoms with Crippen LogP contribution in [-0.2, 0) is 9.53 Å². The summed E-state index contributed by atoms with van der Waals surface area (Å²) in [5, 5.41) is 19.1. The van der Waals surface area contributed by atoms with E-state index in [1.807, 2.05) is 0 Å². The Morgan fingerprint density at radius 1 is 1.32 bits per heavy atom. The van der Waals surface area contributed by atoms with E-state index in [0.717, 1.165) is 19.2 Å². The molecule has 1 aromatic rings. The van der Waals surface area contributed by atoms with E-state index in [-0.39, 0.29) is 5.56 Å². The first-order chi connectivity index (χ1) is 8.86. The maximum atomic E-state index is 12.9. The van der Waals surface area contributed by atoms with Crippen molar-refractivity contribution in [3.05, 3.63) is 29.6 Å². The third-order valence-electron chi connectivity index (χ3n) is 2.25. The maximum Gasteiger partial charge on any atom is 0.387 e. The van der Waals surface area contributed by atoms with Crippen LogP contribution < -0.4 is 4.74 Å². The third kappa shape index (κ3) is 3.83. The quantitative estimate of drug-likeness (QED) is 0.787. The molecule has 8 heteroatoms. The average molecular weight is 280 g/mol. The predicted molar refractivity (Wildman–Crippen MR) is 56.0 cm³/mol. The molecule has 106 valence electrons. The molecule has 0 saturated carbocycles. The van der Waals surface area contributed by atoms with Crippen LogP contribution in [0.1, 0.15) is 11.7 Å². The van der Waals surface area contributed by atoms with Gasteiger partial charge in [-0.05, 0) is 12.1 Å². The summed E-state index contributed by atoms with van der Waals surface area (Å²) in [6, 6.07) is 2.39. The number of aliphatic hydroxyl groups is 2. The Morgan fingerprint density at radius 2 is 1.95 bits per heavy atom. The Bertz CT molecular complexity index is 452. The fourth-order valence-corrected chi connectivity index (χ4v) is 1.37. The Morgan fingerprint density at radius 3 is 2.47 bits per heavy atom. The lowest BCUT2D eigenvalue weighted by Gasteiger charge is -2.19. The van der Waals surface area contributed by atoms with Crippen molar-refractivity contribution in [3.63, 3.8) is 0 Å². The highest BCUT2D eigenvalue weighted by atomic mass is 19.3. The van der Waals surface area contributed by atoms with Gasteiger partial charge in [-0.1, -0.05) is 0 Å². The lowest BCUT2D eigenvalue weighted by Crippen LogP contribution is -2.29. The van der Waals surface area contributed by atoms with Gasteiger partial charge in [0, 0.05) is 11.6 Å². The zero-order chi connectivity index (χ0) is 14.6. The molecule has 0 heterocycles. The fourth-order valence-electron chi connectivity index (χ4n) is 1.37. The number of carbonyl (C=O) groups is 1. The minimum Gasteiger partial charge on any atom is -0.467 e. The summed E-state index contributed by atoms with van der Waals surface area (Å²) in [6.45, 7) is -3.25. The largest absolute Gasteiger partial charge is 0.467 e. The summed E-state index contributed by atoms with van der Waals surface area (Å²) in [6.07, 6.45) is -3.89. The lowest BCUT2D eigenvalue weighted by molar-refractivity contribution is -0.156. The Labute approximate surface area is 106 Å². The standard InChI is InChI=1S/C11H11F3O5/c1-18-10(17)9(16)8(15)6-3-2-5(12)4-7(6)19-11(13)14/h2-4,8-9,11,15-16H,1H3. The van der Waals surface area contributed by atoms with E-state index in [4.69, 9.17) is 0 Å². The van der Waals surface area contributed by atoms with E-state index >= 15 is 0 Å². The number of halogens is 3. The van der Waals surface area contributed by atoms with Gasteiger partial charge in [0.15, 0.2) is 6.10 Å². The molecule has 0 radical (unpaired) electrons. The molecular weight excluding hydrogens is 269 g/mol. The summed E-state index contributed by atoms with van der Waals surface area (Å²) in [5.41, 5.74) is -0.361. The smallest absolute Gasteiger partial charge is 0.387 e.